The molecule has 2 unspecified atom stereocenters. The largest absolute Gasteiger partial charge is 0.507 e. The summed E-state index contributed by atoms with van der Waals surface area (Å²) in [5.41, 5.74) is 4.57. The van der Waals surface area contributed by atoms with Gasteiger partial charge in [0.05, 0.1) is 24.6 Å². The fraction of sp³-hybridized carbons (Fsp3) is 0.393. The number of aliphatic hydroxyl groups is 1. The lowest BCUT2D eigenvalue weighted by atomic mass is 9.52. The van der Waals surface area contributed by atoms with Crippen molar-refractivity contribution in [2.75, 3.05) is 21.2 Å². The molecule has 0 aliphatic heterocycles. The molecule has 0 bridgehead atoms. The molecule has 3 aliphatic carbocycles. The van der Waals surface area contributed by atoms with E-state index in [0.717, 1.165) is 5.56 Å². The van der Waals surface area contributed by atoms with Crippen LogP contribution in [0.15, 0.2) is 36.4 Å². The van der Waals surface area contributed by atoms with Gasteiger partial charge in [-0.2, -0.15) is 0 Å². The number of likely N-dealkylation sites (N-methyl/N-ethyl adjacent to an activating group) is 1. The Kier molecular flexibility index (Phi) is 6.00. The quantitative estimate of drug-likeness (QED) is 0.488. The molecule has 2 aromatic carbocycles. The van der Waals surface area contributed by atoms with E-state index >= 15 is 0 Å². The Morgan fingerprint density at radius 2 is 1.71 bits per heavy atom. The molecule has 0 radical (unpaired) electrons. The fourth-order valence-electron chi connectivity index (χ4n) is 6.65. The van der Waals surface area contributed by atoms with Gasteiger partial charge in [0.15, 0.2) is 34.7 Å². The van der Waals surface area contributed by atoms with Crippen LogP contribution in [0, 0.1) is 23.7 Å². The second kappa shape index (κ2) is 8.85. The molecule has 4 N–H and O–H groups in total. The summed E-state index contributed by atoms with van der Waals surface area (Å²) in [6.45, 7) is 0. The minimum Gasteiger partial charge on any atom is -0.507 e. The summed E-state index contributed by atoms with van der Waals surface area (Å²) in [7, 11) is 4.65. The average molecular weight is 521 g/mol. The van der Waals surface area contributed by atoms with E-state index in [9.17, 15) is 34.2 Å². The smallest absolute Gasteiger partial charge is 0.235 e. The number of amides is 1. The van der Waals surface area contributed by atoms with Crippen LogP contribution >= 0.6 is 0 Å². The van der Waals surface area contributed by atoms with Gasteiger partial charge < -0.3 is 20.7 Å². The van der Waals surface area contributed by atoms with Crippen LogP contribution in [0.25, 0.3) is 11.1 Å². The summed E-state index contributed by atoms with van der Waals surface area (Å²) in [5, 5.41) is 22.3. The van der Waals surface area contributed by atoms with Gasteiger partial charge in [-0.1, -0.05) is 18.2 Å². The molecule has 10 nitrogen and oxygen atoms in total. The number of rotatable bonds is 4. The minimum absolute atomic E-state index is 0.00159. The molecule has 2 fully saturated rings. The molecule has 6 atom stereocenters. The average Bonchev–Trinajstić information content (AvgIpc) is 2.86. The molecular formula is C28H28N2O8. The Morgan fingerprint density at radius 3 is 2.29 bits per heavy atom. The highest BCUT2D eigenvalue weighted by Gasteiger charge is 2.69. The number of nitrogens with zero attached hydrogens (tertiary/aromatic N) is 1. The van der Waals surface area contributed by atoms with Gasteiger partial charge >= 0.3 is 0 Å². The Labute approximate surface area is 218 Å². The SMILES string of the molecule is COc1ccc(-c2ccc(O)c3c2C[C@H]2C[C@H]4[C@@H](N(C)C)C(=O)C(C(N)=O)C(=O)[C@@]4(O)C(=O)C2C3=O)cc1. The minimum atomic E-state index is -2.74. The van der Waals surface area contributed by atoms with Crippen molar-refractivity contribution in [3.63, 3.8) is 0 Å². The maximum Gasteiger partial charge on any atom is 0.235 e. The number of benzene rings is 2. The van der Waals surface area contributed by atoms with Crippen LogP contribution in [-0.4, -0.2) is 77.0 Å². The Hall–Kier alpha value is -3.89. The number of carbonyl (C=O) groups is 5. The van der Waals surface area contributed by atoms with Crippen molar-refractivity contribution in [3.05, 3.63) is 47.5 Å². The Balaban J connectivity index is 1.64. The van der Waals surface area contributed by atoms with Crippen molar-refractivity contribution in [2.24, 2.45) is 29.4 Å². The second-order valence-electron chi connectivity index (χ2n) is 10.5. The lowest BCUT2D eigenvalue weighted by Gasteiger charge is -2.52. The number of aromatic hydroxyl groups is 1. The van der Waals surface area contributed by atoms with Gasteiger partial charge in [-0.15, -0.1) is 0 Å². The molecule has 2 aromatic rings. The van der Waals surface area contributed by atoms with Crippen LogP contribution in [0.1, 0.15) is 22.3 Å². The number of hydrogen-bond donors (Lipinski definition) is 3. The predicted octanol–water partition coefficient (Wildman–Crippen LogP) is 0.543. The third-order valence-corrected chi connectivity index (χ3v) is 8.35. The van der Waals surface area contributed by atoms with Crippen molar-refractivity contribution in [1.29, 1.82) is 0 Å². The number of methoxy groups -OCH3 is 1. The number of fused-ring (bicyclic) bond motifs is 3. The van der Waals surface area contributed by atoms with Crippen LogP contribution in [0.5, 0.6) is 11.5 Å². The maximum absolute atomic E-state index is 13.9. The zero-order valence-electron chi connectivity index (χ0n) is 21.1. The number of carbonyl (C=O) groups excluding carboxylic acids is 5. The Morgan fingerprint density at radius 1 is 1.05 bits per heavy atom. The van der Waals surface area contributed by atoms with Gasteiger partial charge in [0.1, 0.15) is 11.5 Å². The first-order chi connectivity index (χ1) is 17.9. The first-order valence-corrected chi connectivity index (χ1v) is 12.3. The maximum atomic E-state index is 13.9. The van der Waals surface area contributed by atoms with Gasteiger partial charge in [0.25, 0.3) is 0 Å². The molecular weight excluding hydrogens is 492 g/mol. The third-order valence-electron chi connectivity index (χ3n) is 8.35. The van der Waals surface area contributed by atoms with Crippen molar-refractivity contribution >= 4 is 29.0 Å². The molecule has 2 saturated carbocycles. The van der Waals surface area contributed by atoms with E-state index in [1.165, 1.54) is 11.0 Å². The van der Waals surface area contributed by atoms with E-state index in [1.54, 1.807) is 39.4 Å². The molecule has 198 valence electrons. The van der Waals surface area contributed by atoms with Crippen LogP contribution < -0.4 is 10.5 Å². The topological polar surface area (TPSA) is 164 Å². The molecule has 0 spiro atoms. The van der Waals surface area contributed by atoms with E-state index in [2.05, 4.69) is 0 Å². The number of phenols is 1. The van der Waals surface area contributed by atoms with Crippen LogP contribution in [-0.2, 0) is 25.6 Å². The van der Waals surface area contributed by atoms with Crippen molar-refractivity contribution < 1.29 is 38.9 Å². The molecule has 5 rings (SSSR count). The highest BCUT2D eigenvalue weighted by Crippen LogP contribution is 2.51. The standard InChI is InChI=1S/C28H28N2O8/c1-30(2)22-17-11-13-10-16-15(12-4-6-14(38-3)7-5-12)8-9-18(31)20(16)23(32)19(13)25(34)28(17,37)26(35)21(24(22)33)27(29)36/h4-9,13,17,19,21-22,31,37H,10-11H2,1-3H3,(H2,29,36)/t13-,17-,19?,21?,22+,28-/m0/s1. The number of ether oxygens (including phenoxy) is 1. The molecule has 3 aliphatic rings. The monoisotopic (exact) mass is 520 g/mol. The molecule has 1 amide bonds. The van der Waals surface area contributed by atoms with E-state index < -0.39 is 64.4 Å². The van der Waals surface area contributed by atoms with E-state index in [-0.39, 0.29) is 24.2 Å². The zero-order chi connectivity index (χ0) is 27.7. The highest BCUT2D eigenvalue weighted by molar-refractivity contribution is 6.32. The highest BCUT2D eigenvalue weighted by atomic mass is 16.5. The van der Waals surface area contributed by atoms with E-state index in [0.29, 0.717) is 16.9 Å². The fourth-order valence-corrected chi connectivity index (χ4v) is 6.65. The summed E-state index contributed by atoms with van der Waals surface area (Å²) in [4.78, 5) is 67.7. The van der Waals surface area contributed by atoms with Gasteiger partial charge in [-0.25, -0.2) is 0 Å². The number of primary amides is 1. The number of phenolic OH excluding ortho intramolecular Hbond substituents is 1. The number of hydrogen-bond acceptors (Lipinski definition) is 9. The third kappa shape index (κ3) is 3.44. The number of Topliss-reactive ketones (excluding diaryl/α,β-unsaturated/α-hetero) is 4. The molecule has 10 heteroatoms. The lowest BCUT2D eigenvalue weighted by molar-refractivity contribution is -0.181. The first kappa shape index (κ1) is 25.7. The summed E-state index contributed by atoms with van der Waals surface area (Å²) in [6, 6.07) is 9.09. The molecule has 0 saturated heterocycles. The van der Waals surface area contributed by atoms with E-state index in [4.69, 9.17) is 10.5 Å². The number of ketones is 4. The molecule has 0 aromatic heterocycles. The first-order valence-electron chi connectivity index (χ1n) is 12.3. The van der Waals surface area contributed by atoms with Crippen molar-refractivity contribution in [1.82, 2.24) is 4.90 Å². The van der Waals surface area contributed by atoms with Gasteiger partial charge in [-0.05, 0) is 67.7 Å². The summed E-state index contributed by atoms with van der Waals surface area (Å²) < 4.78 is 5.22. The van der Waals surface area contributed by atoms with E-state index in [1.807, 2.05) is 12.1 Å². The summed E-state index contributed by atoms with van der Waals surface area (Å²) in [5.74, 6) is -9.96. The van der Waals surface area contributed by atoms with Crippen LogP contribution in [0.3, 0.4) is 0 Å². The zero-order valence-corrected chi connectivity index (χ0v) is 21.1. The predicted molar refractivity (Wildman–Crippen MR) is 133 cm³/mol. The normalized spacial score (nSPS) is 30.5. The van der Waals surface area contributed by atoms with Gasteiger partial charge in [0, 0.05) is 5.92 Å². The van der Waals surface area contributed by atoms with Crippen molar-refractivity contribution in [2.45, 2.75) is 24.5 Å². The number of nitrogens with two attached hydrogens (primary N) is 1. The summed E-state index contributed by atoms with van der Waals surface area (Å²) in [6.07, 6.45) is 0.198. The molecule has 0 heterocycles. The lowest BCUT2D eigenvalue weighted by Crippen LogP contribution is -2.74. The molecule has 38 heavy (non-hydrogen) atoms. The van der Waals surface area contributed by atoms with Crippen LogP contribution in [0.4, 0.5) is 0 Å². The van der Waals surface area contributed by atoms with Crippen molar-refractivity contribution in [3.8, 4) is 22.6 Å². The van der Waals surface area contributed by atoms with Crippen LogP contribution in [0.2, 0.25) is 0 Å². The summed E-state index contributed by atoms with van der Waals surface area (Å²) >= 11 is 0. The van der Waals surface area contributed by atoms with Gasteiger partial charge in [-0.3, -0.25) is 28.9 Å². The second-order valence-corrected chi connectivity index (χ2v) is 10.5. The Bertz CT molecular complexity index is 1400. The van der Waals surface area contributed by atoms with Gasteiger partial charge in [0.2, 0.25) is 5.91 Å².